The summed E-state index contributed by atoms with van der Waals surface area (Å²) in [6, 6.07) is -0.573. The van der Waals surface area contributed by atoms with Gasteiger partial charge in [0, 0.05) is 24.3 Å². The number of piperidine rings is 1. The number of aromatic nitrogens is 2. The summed E-state index contributed by atoms with van der Waals surface area (Å²) >= 11 is 0. The standard InChI is InChI=1S/C13H20N4O3/c1-9(10-7-14-15-8-10)16-13(20)17-5-3-2-4-11(17)6-12(18)19/h7-9,11H,2-6H2,1H3,(H,14,15)(H,16,20)(H,18,19). The third-order valence-electron chi connectivity index (χ3n) is 3.66. The van der Waals surface area contributed by atoms with E-state index in [1.807, 2.05) is 6.92 Å². The molecule has 0 aromatic carbocycles. The molecule has 2 heterocycles. The van der Waals surface area contributed by atoms with Crippen LogP contribution in [-0.2, 0) is 4.79 Å². The zero-order chi connectivity index (χ0) is 14.5. The molecule has 2 unspecified atom stereocenters. The molecule has 0 radical (unpaired) electrons. The second-order valence-electron chi connectivity index (χ2n) is 5.14. The lowest BCUT2D eigenvalue weighted by Crippen LogP contribution is -2.49. The Labute approximate surface area is 117 Å². The number of carbonyl (C=O) groups excluding carboxylic acids is 1. The van der Waals surface area contributed by atoms with Gasteiger partial charge in [-0.1, -0.05) is 0 Å². The summed E-state index contributed by atoms with van der Waals surface area (Å²) in [5.74, 6) is -0.863. The summed E-state index contributed by atoms with van der Waals surface area (Å²) < 4.78 is 0. The summed E-state index contributed by atoms with van der Waals surface area (Å²) in [4.78, 5) is 24.8. The predicted octanol–water partition coefficient (Wildman–Crippen LogP) is 1.51. The van der Waals surface area contributed by atoms with E-state index < -0.39 is 5.97 Å². The van der Waals surface area contributed by atoms with Crippen molar-refractivity contribution in [1.82, 2.24) is 20.4 Å². The molecule has 1 aromatic rings. The van der Waals surface area contributed by atoms with Crippen LogP contribution in [0.5, 0.6) is 0 Å². The molecule has 2 rings (SSSR count). The average Bonchev–Trinajstić information content (AvgIpc) is 2.92. The van der Waals surface area contributed by atoms with Crippen molar-refractivity contribution in [3.05, 3.63) is 18.0 Å². The Kier molecular flexibility index (Phi) is 4.60. The summed E-state index contributed by atoms with van der Waals surface area (Å²) in [5, 5.41) is 18.4. The van der Waals surface area contributed by atoms with Crippen LogP contribution in [0, 0.1) is 0 Å². The molecule has 0 saturated carbocycles. The van der Waals surface area contributed by atoms with Gasteiger partial charge in [-0.2, -0.15) is 5.10 Å². The molecule has 0 spiro atoms. The normalized spacial score (nSPS) is 20.4. The van der Waals surface area contributed by atoms with Gasteiger partial charge in [0.1, 0.15) is 0 Å². The predicted molar refractivity (Wildman–Crippen MR) is 72.1 cm³/mol. The monoisotopic (exact) mass is 280 g/mol. The van der Waals surface area contributed by atoms with E-state index in [2.05, 4.69) is 15.5 Å². The Morgan fingerprint density at radius 1 is 1.60 bits per heavy atom. The number of hydrogen-bond donors (Lipinski definition) is 3. The summed E-state index contributed by atoms with van der Waals surface area (Å²) in [5.41, 5.74) is 0.894. The Hall–Kier alpha value is -2.05. The number of urea groups is 1. The Bertz CT molecular complexity index is 460. The number of carbonyl (C=O) groups is 2. The first-order valence-electron chi connectivity index (χ1n) is 6.85. The highest BCUT2D eigenvalue weighted by atomic mass is 16.4. The van der Waals surface area contributed by atoms with Crippen LogP contribution in [0.25, 0.3) is 0 Å². The van der Waals surface area contributed by atoms with Gasteiger partial charge in [0.15, 0.2) is 0 Å². The van der Waals surface area contributed by atoms with Gasteiger partial charge in [0.25, 0.3) is 0 Å². The zero-order valence-electron chi connectivity index (χ0n) is 11.5. The van der Waals surface area contributed by atoms with E-state index in [9.17, 15) is 9.59 Å². The van der Waals surface area contributed by atoms with Crippen LogP contribution in [0.3, 0.4) is 0 Å². The lowest BCUT2D eigenvalue weighted by atomic mass is 10.00. The second-order valence-corrected chi connectivity index (χ2v) is 5.14. The lowest BCUT2D eigenvalue weighted by Gasteiger charge is -2.35. The fourth-order valence-electron chi connectivity index (χ4n) is 2.53. The van der Waals surface area contributed by atoms with Crippen molar-refractivity contribution in [2.24, 2.45) is 0 Å². The summed E-state index contributed by atoms with van der Waals surface area (Å²) in [6.45, 7) is 2.49. The smallest absolute Gasteiger partial charge is 0.318 e. The number of amides is 2. The van der Waals surface area contributed by atoms with E-state index in [1.165, 1.54) is 0 Å². The van der Waals surface area contributed by atoms with Crippen LogP contribution >= 0.6 is 0 Å². The zero-order valence-corrected chi connectivity index (χ0v) is 11.5. The average molecular weight is 280 g/mol. The van der Waals surface area contributed by atoms with Crippen LogP contribution in [0.15, 0.2) is 12.4 Å². The molecule has 1 saturated heterocycles. The SMILES string of the molecule is CC(NC(=O)N1CCCCC1CC(=O)O)c1cn[nH]c1. The molecule has 7 nitrogen and oxygen atoms in total. The van der Waals surface area contributed by atoms with Gasteiger partial charge >= 0.3 is 12.0 Å². The maximum atomic E-state index is 12.3. The van der Waals surface area contributed by atoms with Crippen molar-refractivity contribution in [2.75, 3.05) is 6.54 Å². The highest BCUT2D eigenvalue weighted by Crippen LogP contribution is 2.20. The number of aromatic amines is 1. The first kappa shape index (κ1) is 14.4. The highest BCUT2D eigenvalue weighted by molar-refractivity contribution is 5.76. The van der Waals surface area contributed by atoms with Gasteiger partial charge in [-0.15, -0.1) is 0 Å². The quantitative estimate of drug-likeness (QED) is 0.778. The van der Waals surface area contributed by atoms with Crippen molar-refractivity contribution in [1.29, 1.82) is 0 Å². The number of aliphatic carboxylic acids is 1. The topological polar surface area (TPSA) is 98.3 Å². The molecular weight excluding hydrogens is 260 g/mol. The first-order valence-corrected chi connectivity index (χ1v) is 6.85. The minimum atomic E-state index is -0.863. The Morgan fingerprint density at radius 2 is 2.40 bits per heavy atom. The summed E-state index contributed by atoms with van der Waals surface area (Å²) in [7, 11) is 0. The molecular formula is C13H20N4O3. The maximum absolute atomic E-state index is 12.3. The summed E-state index contributed by atoms with van der Waals surface area (Å²) in [6.07, 6.45) is 6.04. The minimum Gasteiger partial charge on any atom is -0.481 e. The van der Waals surface area contributed by atoms with Crippen LogP contribution in [0.2, 0.25) is 0 Å². The highest BCUT2D eigenvalue weighted by Gasteiger charge is 2.29. The van der Waals surface area contributed by atoms with Crippen molar-refractivity contribution < 1.29 is 14.7 Å². The number of hydrogen-bond acceptors (Lipinski definition) is 3. The number of H-pyrrole nitrogens is 1. The number of likely N-dealkylation sites (tertiary alicyclic amines) is 1. The largest absolute Gasteiger partial charge is 0.481 e. The van der Waals surface area contributed by atoms with Crippen molar-refractivity contribution in [2.45, 2.75) is 44.7 Å². The van der Waals surface area contributed by atoms with E-state index >= 15 is 0 Å². The van der Waals surface area contributed by atoms with Crippen molar-refractivity contribution in [3.63, 3.8) is 0 Å². The molecule has 0 aliphatic carbocycles. The maximum Gasteiger partial charge on any atom is 0.318 e. The minimum absolute atomic E-state index is 0.00745. The second kappa shape index (κ2) is 6.40. The van der Waals surface area contributed by atoms with Crippen LogP contribution in [0.1, 0.15) is 44.2 Å². The number of rotatable bonds is 4. The third kappa shape index (κ3) is 3.49. The van der Waals surface area contributed by atoms with E-state index in [-0.39, 0.29) is 24.5 Å². The van der Waals surface area contributed by atoms with E-state index in [4.69, 9.17) is 5.11 Å². The van der Waals surface area contributed by atoms with Gasteiger partial charge in [-0.05, 0) is 26.2 Å². The Morgan fingerprint density at radius 3 is 3.05 bits per heavy atom. The van der Waals surface area contributed by atoms with Crippen LogP contribution in [0.4, 0.5) is 4.79 Å². The molecule has 1 aliphatic heterocycles. The number of nitrogens with one attached hydrogen (secondary N) is 2. The molecule has 1 aromatic heterocycles. The molecule has 1 aliphatic rings. The number of nitrogens with zero attached hydrogens (tertiary/aromatic N) is 2. The molecule has 7 heteroatoms. The fraction of sp³-hybridized carbons (Fsp3) is 0.615. The molecule has 2 amide bonds. The van der Waals surface area contributed by atoms with E-state index in [0.29, 0.717) is 6.54 Å². The first-order chi connectivity index (χ1) is 9.58. The van der Waals surface area contributed by atoms with Crippen LogP contribution < -0.4 is 5.32 Å². The van der Waals surface area contributed by atoms with Crippen LogP contribution in [-0.4, -0.2) is 44.8 Å². The third-order valence-corrected chi connectivity index (χ3v) is 3.66. The van der Waals surface area contributed by atoms with Gasteiger partial charge < -0.3 is 15.3 Å². The number of carboxylic acids is 1. The van der Waals surface area contributed by atoms with Gasteiger partial charge in [0.05, 0.1) is 18.7 Å². The van der Waals surface area contributed by atoms with Crippen molar-refractivity contribution >= 4 is 12.0 Å². The molecule has 110 valence electrons. The van der Waals surface area contributed by atoms with Gasteiger partial charge in [-0.25, -0.2) is 4.79 Å². The molecule has 20 heavy (non-hydrogen) atoms. The lowest BCUT2D eigenvalue weighted by molar-refractivity contribution is -0.138. The van der Waals surface area contributed by atoms with E-state index in [0.717, 1.165) is 24.8 Å². The van der Waals surface area contributed by atoms with Gasteiger partial charge in [0.2, 0.25) is 0 Å². The molecule has 3 N–H and O–H groups in total. The van der Waals surface area contributed by atoms with E-state index in [1.54, 1.807) is 17.3 Å². The molecule has 1 fully saturated rings. The molecule has 0 bridgehead atoms. The number of carboxylic acid groups (broad SMARTS) is 1. The van der Waals surface area contributed by atoms with Crippen molar-refractivity contribution in [3.8, 4) is 0 Å². The fourth-order valence-corrected chi connectivity index (χ4v) is 2.53. The Balaban J connectivity index is 1.97. The van der Waals surface area contributed by atoms with Gasteiger partial charge in [-0.3, -0.25) is 9.89 Å². The molecule has 2 atom stereocenters.